The zero-order chi connectivity index (χ0) is 18.0. The minimum atomic E-state index is 0.601. The molecule has 5 nitrogen and oxygen atoms in total. The summed E-state index contributed by atoms with van der Waals surface area (Å²) in [4.78, 5) is 8.64. The molecule has 3 heterocycles. The Morgan fingerprint density at radius 3 is 3.12 bits per heavy atom. The topological polar surface area (TPSA) is 50.0 Å². The van der Waals surface area contributed by atoms with E-state index in [-0.39, 0.29) is 0 Å². The number of furan rings is 1. The van der Waals surface area contributed by atoms with Gasteiger partial charge in [-0.3, -0.25) is 4.99 Å². The van der Waals surface area contributed by atoms with E-state index < -0.39 is 0 Å². The molecule has 1 aliphatic rings. The second-order valence-corrected chi connectivity index (χ2v) is 7.58. The Labute approximate surface area is 160 Å². The van der Waals surface area contributed by atoms with E-state index in [9.17, 15) is 0 Å². The Morgan fingerprint density at radius 2 is 2.35 bits per heavy atom. The first-order chi connectivity index (χ1) is 12.8. The summed E-state index contributed by atoms with van der Waals surface area (Å²) in [6, 6.07) is 8.23. The number of hydrogen-bond acceptors (Lipinski definition) is 4. The molecule has 0 radical (unpaired) electrons. The van der Waals surface area contributed by atoms with E-state index in [0.717, 1.165) is 64.0 Å². The maximum atomic E-state index is 5.61. The maximum Gasteiger partial charge on any atom is 0.193 e. The lowest BCUT2D eigenvalue weighted by Crippen LogP contribution is -2.41. The first kappa shape index (κ1) is 19.0. The van der Waals surface area contributed by atoms with Crippen molar-refractivity contribution < 1.29 is 9.15 Å². The highest BCUT2D eigenvalue weighted by Gasteiger charge is 2.25. The highest BCUT2D eigenvalue weighted by Crippen LogP contribution is 2.17. The van der Waals surface area contributed by atoms with Crippen molar-refractivity contribution in [1.82, 2.24) is 10.2 Å². The monoisotopic (exact) mass is 375 g/mol. The molecule has 1 aliphatic heterocycles. The molecular weight excluding hydrogens is 346 g/mol. The third kappa shape index (κ3) is 5.88. The zero-order valence-corrected chi connectivity index (χ0v) is 16.3. The van der Waals surface area contributed by atoms with Crippen molar-refractivity contribution >= 4 is 17.3 Å². The Balaban J connectivity index is 1.53. The van der Waals surface area contributed by atoms with Crippen molar-refractivity contribution in [3.63, 3.8) is 0 Å². The molecule has 1 atom stereocenters. The Kier molecular flexibility index (Phi) is 7.58. The molecule has 0 aromatic carbocycles. The van der Waals surface area contributed by atoms with E-state index in [0.29, 0.717) is 5.92 Å². The predicted molar refractivity (Wildman–Crippen MR) is 107 cm³/mol. The zero-order valence-electron chi connectivity index (χ0n) is 15.5. The average molecular weight is 376 g/mol. The van der Waals surface area contributed by atoms with E-state index >= 15 is 0 Å². The summed E-state index contributed by atoms with van der Waals surface area (Å²) >= 11 is 1.80. The van der Waals surface area contributed by atoms with Gasteiger partial charge in [0.15, 0.2) is 5.96 Å². The minimum Gasteiger partial charge on any atom is -0.469 e. The Hall–Kier alpha value is -1.79. The van der Waals surface area contributed by atoms with Gasteiger partial charge in [-0.1, -0.05) is 6.07 Å². The lowest BCUT2D eigenvalue weighted by atomic mass is 10.1. The van der Waals surface area contributed by atoms with Crippen LogP contribution in [0.2, 0.25) is 0 Å². The van der Waals surface area contributed by atoms with Crippen LogP contribution in [0.15, 0.2) is 45.3 Å². The van der Waals surface area contributed by atoms with Gasteiger partial charge in [0, 0.05) is 56.4 Å². The van der Waals surface area contributed by atoms with Crippen LogP contribution in [-0.2, 0) is 17.6 Å². The highest BCUT2D eigenvalue weighted by molar-refractivity contribution is 7.09. The molecule has 3 rings (SSSR count). The lowest BCUT2D eigenvalue weighted by molar-refractivity contribution is 0.114. The predicted octanol–water partition coefficient (Wildman–Crippen LogP) is 3.43. The van der Waals surface area contributed by atoms with Crippen molar-refractivity contribution in [1.29, 1.82) is 0 Å². The van der Waals surface area contributed by atoms with Gasteiger partial charge in [0.05, 0.1) is 12.9 Å². The molecular formula is C20H29N3O2S. The largest absolute Gasteiger partial charge is 0.469 e. The van der Waals surface area contributed by atoms with Gasteiger partial charge in [-0.25, -0.2) is 0 Å². The van der Waals surface area contributed by atoms with Crippen LogP contribution >= 0.6 is 11.3 Å². The van der Waals surface area contributed by atoms with Crippen LogP contribution in [0.25, 0.3) is 0 Å². The molecule has 1 unspecified atom stereocenters. The first-order valence-corrected chi connectivity index (χ1v) is 10.4. The number of nitrogens with one attached hydrogen (secondary N) is 1. The maximum absolute atomic E-state index is 5.61. The third-order valence-corrected chi connectivity index (χ3v) is 5.51. The SMILES string of the molecule is CCOCC1CCN(C(=NCCc2cccs2)NCCc2ccco2)C1. The Bertz CT molecular complexity index is 640. The van der Waals surface area contributed by atoms with E-state index in [2.05, 4.69) is 34.7 Å². The van der Waals surface area contributed by atoms with Crippen LogP contribution in [0, 0.1) is 5.92 Å². The number of thiophene rings is 1. The number of hydrogen-bond donors (Lipinski definition) is 1. The fourth-order valence-corrected chi connectivity index (χ4v) is 3.89. The molecule has 0 aliphatic carbocycles. The van der Waals surface area contributed by atoms with Crippen molar-refractivity contribution in [2.24, 2.45) is 10.9 Å². The van der Waals surface area contributed by atoms with Crippen LogP contribution in [0.4, 0.5) is 0 Å². The molecule has 0 spiro atoms. The molecule has 1 saturated heterocycles. The quantitative estimate of drug-likeness (QED) is 0.539. The standard InChI is InChI=1S/C20H29N3O2S/c1-2-24-16-17-9-12-23(15-17)20(21-10-7-18-5-3-13-25-18)22-11-8-19-6-4-14-26-19/h3-6,13-14,17H,2,7-12,15-16H2,1H3,(H,21,22). The summed E-state index contributed by atoms with van der Waals surface area (Å²) in [5, 5.41) is 5.66. The second-order valence-electron chi connectivity index (χ2n) is 6.55. The van der Waals surface area contributed by atoms with Crippen LogP contribution in [-0.4, -0.2) is 50.3 Å². The smallest absolute Gasteiger partial charge is 0.193 e. The van der Waals surface area contributed by atoms with Crippen molar-refractivity contribution in [2.45, 2.75) is 26.2 Å². The third-order valence-electron chi connectivity index (χ3n) is 4.58. The molecule has 1 N–H and O–H groups in total. The average Bonchev–Trinajstić information content (AvgIpc) is 3.40. The van der Waals surface area contributed by atoms with E-state index in [1.807, 2.05) is 12.1 Å². The Morgan fingerprint density at radius 1 is 1.38 bits per heavy atom. The second kappa shape index (κ2) is 10.4. The van der Waals surface area contributed by atoms with Gasteiger partial charge in [-0.2, -0.15) is 0 Å². The summed E-state index contributed by atoms with van der Waals surface area (Å²) in [6.07, 6.45) is 4.76. The molecule has 0 amide bonds. The van der Waals surface area contributed by atoms with Crippen molar-refractivity contribution in [3.05, 3.63) is 46.5 Å². The molecule has 142 valence electrons. The molecule has 1 fully saturated rings. The van der Waals surface area contributed by atoms with Gasteiger partial charge in [0.2, 0.25) is 0 Å². The summed E-state index contributed by atoms with van der Waals surface area (Å²) < 4.78 is 11.0. The van der Waals surface area contributed by atoms with Crippen molar-refractivity contribution in [2.75, 3.05) is 39.4 Å². The molecule has 26 heavy (non-hydrogen) atoms. The molecule has 6 heteroatoms. The minimum absolute atomic E-state index is 0.601. The van der Waals surface area contributed by atoms with Crippen LogP contribution in [0.5, 0.6) is 0 Å². The number of guanidine groups is 1. The van der Waals surface area contributed by atoms with Crippen LogP contribution < -0.4 is 5.32 Å². The van der Waals surface area contributed by atoms with Crippen LogP contribution in [0.1, 0.15) is 24.0 Å². The number of nitrogens with zero attached hydrogens (tertiary/aromatic N) is 2. The summed E-state index contributed by atoms with van der Waals surface area (Å²) in [5.41, 5.74) is 0. The van der Waals surface area contributed by atoms with Gasteiger partial charge in [-0.05, 0) is 36.9 Å². The van der Waals surface area contributed by atoms with E-state index in [1.54, 1.807) is 17.6 Å². The van der Waals surface area contributed by atoms with Gasteiger partial charge in [0.1, 0.15) is 5.76 Å². The number of aliphatic imine (C=N–C) groups is 1. The summed E-state index contributed by atoms with van der Waals surface area (Å²) in [7, 11) is 0. The first-order valence-electron chi connectivity index (χ1n) is 9.51. The van der Waals surface area contributed by atoms with Gasteiger partial charge >= 0.3 is 0 Å². The fourth-order valence-electron chi connectivity index (χ4n) is 3.19. The summed E-state index contributed by atoms with van der Waals surface area (Å²) in [5.74, 6) is 2.63. The lowest BCUT2D eigenvalue weighted by Gasteiger charge is -2.22. The fraction of sp³-hybridized carbons (Fsp3) is 0.550. The number of rotatable bonds is 9. The van der Waals surface area contributed by atoms with Gasteiger partial charge < -0.3 is 19.4 Å². The van der Waals surface area contributed by atoms with Crippen LogP contribution in [0.3, 0.4) is 0 Å². The normalized spacial score (nSPS) is 17.8. The number of ether oxygens (including phenoxy) is 1. The van der Waals surface area contributed by atoms with Gasteiger partial charge in [0.25, 0.3) is 0 Å². The molecule has 0 saturated carbocycles. The molecule has 2 aromatic heterocycles. The van der Waals surface area contributed by atoms with E-state index in [4.69, 9.17) is 14.1 Å². The highest BCUT2D eigenvalue weighted by atomic mass is 32.1. The molecule has 2 aromatic rings. The van der Waals surface area contributed by atoms with E-state index in [1.165, 1.54) is 11.3 Å². The molecule has 0 bridgehead atoms. The van der Waals surface area contributed by atoms with Crippen molar-refractivity contribution in [3.8, 4) is 0 Å². The number of likely N-dealkylation sites (tertiary alicyclic amines) is 1. The van der Waals surface area contributed by atoms with Gasteiger partial charge in [-0.15, -0.1) is 11.3 Å². The summed E-state index contributed by atoms with van der Waals surface area (Å²) in [6.45, 7) is 7.41.